The van der Waals surface area contributed by atoms with Gasteiger partial charge in [0.25, 0.3) is 0 Å². The molecule has 0 fully saturated rings. The van der Waals surface area contributed by atoms with Crippen LogP contribution in [0.3, 0.4) is 0 Å². The number of benzene rings is 1. The van der Waals surface area contributed by atoms with Crippen molar-refractivity contribution in [2.75, 3.05) is 7.11 Å². The molecule has 0 saturated carbocycles. The highest BCUT2D eigenvalue weighted by atomic mass is 79.9. The SMILES string of the molecule is COC(=O)CC(=O)c1ccc(Br)c(F)c1. The van der Waals surface area contributed by atoms with E-state index in [0.29, 0.717) is 0 Å². The molecule has 5 heteroatoms. The third-order valence-electron chi connectivity index (χ3n) is 1.77. The second-order valence-electron chi connectivity index (χ2n) is 2.80. The molecule has 0 bridgehead atoms. The molecular weight excluding hydrogens is 267 g/mol. The molecular formula is C10H8BrFO3. The number of rotatable bonds is 3. The van der Waals surface area contributed by atoms with Gasteiger partial charge in [-0.1, -0.05) is 6.07 Å². The summed E-state index contributed by atoms with van der Waals surface area (Å²) in [4.78, 5) is 22.2. The van der Waals surface area contributed by atoms with Crippen molar-refractivity contribution in [3.8, 4) is 0 Å². The lowest BCUT2D eigenvalue weighted by Gasteiger charge is -2.01. The molecule has 0 saturated heterocycles. The molecule has 0 aliphatic rings. The lowest BCUT2D eigenvalue weighted by molar-refractivity contribution is -0.139. The number of Topliss-reactive ketones (excluding diaryl/α,β-unsaturated/α-hetero) is 1. The van der Waals surface area contributed by atoms with Crippen LogP contribution in [0, 0.1) is 5.82 Å². The number of carbonyl (C=O) groups excluding carboxylic acids is 2. The van der Waals surface area contributed by atoms with Gasteiger partial charge in [-0.15, -0.1) is 0 Å². The van der Waals surface area contributed by atoms with Gasteiger partial charge in [0.05, 0.1) is 11.6 Å². The van der Waals surface area contributed by atoms with Gasteiger partial charge < -0.3 is 4.74 Å². The largest absolute Gasteiger partial charge is 0.469 e. The molecule has 0 heterocycles. The number of halogens is 2. The van der Waals surface area contributed by atoms with Crippen molar-refractivity contribution in [2.24, 2.45) is 0 Å². The molecule has 1 aromatic rings. The molecule has 1 rings (SSSR count). The maximum Gasteiger partial charge on any atom is 0.313 e. The fraction of sp³-hybridized carbons (Fsp3) is 0.200. The van der Waals surface area contributed by atoms with E-state index in [1.54, 1.807) is 0 Å². The summed E-state index contributed by atoms with van der Waals surface area (Å²) in [5.41, 5.74) is 0.154. The monoisotopic (exact) mass is 274 g/mol. The van der Waals surface area contributed by atoms with E-state index < -0.39 is 17.6 Å². The molecule has 0 atom stereocenters. The lowest BCUT2D eigenvalue weighted by atomic mass is 10.1. The van der Waals surface area contributed by atoms with Crippen molar-refractivity contribution in [1.82, 2.24) is 0 Å². The fourth-order valence-electron chi connectivity index (χ4n) is 0.975. The van der Waals surface area contributed by atoms with Crippen LogP contribution in [0.4, 0.5) is 4.39 Å². The number of ether oxygens (including phenoxy) is 1. The summed E-state index contributed by atoms with van der Waals surface area (Å²) in [5, 5.41) is 0. The van der Waals surface area contributed by atoms with E-state index in [-0.39, 0.29) is 16.5 Å². The minimum absolute atomic E-state index is 0.154. The molecule has 0 aliphatic heterocycles. The molecule has 0 radical (unpaired) electrons. The van der Waals surface area contributed by atoms with Gasteiger partial charge in [-0.2, -0.15) is 0 Å². The maximum absolute atomic E-state index is 13.0. The van der Waals surface area contributed by atoms with Crippen molar-refractivity contribution in [3.63, 3.8) is 0 Å². The highest BCUT2D eigenvalue weighted by Crippen LogP contribution is 2.17. The zero-order valence-corrected chi connectivity index (χ0v) is 9.51. The molecule has 1 aromatic carbocycles. The molecule has 80 valence electrons. The normalized spacial score (nSPS) is 9.80. The van der Waals surface area contributed by atoms with E-state index >= 15 is 0 Å². The Hall–Kier alpha value is -1.23. The fourth-order valence-corrected chi connectivity index (χ4v) is 1.22. The highest BCUT2D eigenvalue weighted by Gasteiger charge is 2.13. The van der Waals surface area contributed by atoms with Crippen molar-refractivity contribution in [1.29, 1.82) is 0 Å². The van der Waals surface area contributed by atoms with Gasteiger partial charge in [-0.25, -0.2) is 4.39 Å². The van der Waals surface area contributed by atoms with Crippen LogP contribution < -0.4 is 0 Å². The van der Waals surface area contributed by atoms with Crippen LogP contribution in [0.15, 0.2) is 22.7 Å². The molecule has 0 amide bonds. The molecule has 0 unspecified atom stereocenters. The summed E-state index contributed by atoms with van der Waals surface area (Å²) in [5.74, 6) is -1.64. The number of methoxy groups -OCH3 is 1. The summed E-state index contributed by atoms with van der Waals surface area (Å²) in [7, 11) is 1.19. The van der Waals surface area contributed by atoms with Crippen molar-refractivity contribution in [3.05, 3.63) is 34.1 Å². The number of esters is 1. The Bertz CT molecular complexity index is 404. The summed E-state index contributed by atoms with van der Waals surface area (Å²) < 4.78 is 17.7. The minimum atomic E-state index is -0.636. The van der Waals surface area contributed by atoms with E-state index in [0.717, 1.165) is 6.07 Å². The van der Waals surface area contributed by atoms with Gasteiger partial charge in [-0.3, -0.25) is 9.59 Å². The van der Waals surface area contributed by atoms with E-state index in [1.165, 1.54) is 19.2 Å². The van der Waals surface area contributed by atoms with Crippen LogP contribution >= 0.6 is 15.9 Å². The number of ketones is 1. The quantitative estimate of drug-likeness (QED) is 0.483. The van der Waals surface area contributed by atoms with Gasteiger partial charge in [0.2, 0.25) is 0 Å². The van der Waals surface area contributed by atoms with E-state index in [9.17, 15) is 14.0 Å². The zero-order chi connectivity index (χ0) is 11.4. The first kappa shape index (κ1) is 11.8. The molecule has 0 aromatic heterocycles. The van der Waals surface area contributed by atoms with Crippen LogP contribution in [0.25, 0.3) is 0 Å². The summed E-state index contributed by atoms with van der Waals surface area (Å²) in [6.45, 7) is 0. The topological polar surface area (TPSA) is 43.4 Å². The molecule has 3 nitrogen and oxygen atoms in total. The van der Waals surface area contributed by atoms with Crippen LogP contribution in [0.5, 0.6) is 0 Å². The molecule has 0 aliphatic carbocycles. The van der Waals surface area contributed by atoms with Gasteiger partial charge in [0.15, 0.2) is 5.78 Å². The average Bonchev–Trinajstić information content (AvgIpc) is 2.21. The molecule has 0 spiro atoms. The van der Waals surface area contributed by atoms with E-state index in [2.05, 4.69) is 20.7 Å². The Morgan fingerprint density at radius 3 is 2.67 bits per heavy atom. The smallest absolute Gasteiger partial charge is 0.313 e. The van der Waals surface area contributed by atoms with E-state index in [4.69, 9.17) is 0 Å². The molecule has 15 heavy (non-hydrogen) atoms. The van der Waals surface area contributed by atoms with Crippen molar-refractivity contribution in [2.45, 2.75) is 6.42 Å². The standard InChI is InChI=1S/C10H8BrFO3/c1-15-10(14)5-9(13)6-2-3-7(11)8(12)4-6/h2-4H,5H2,1H3. The van der Waals surface area contributed by atoms with Gasteiger partial charge in [0.1, 0.15) is 12.2 Å². The van der Waals surface area contributed by atoms with Crippen LogP contribution in [0.1, 0.15) is 16.8 Å². The Labute approximate surface area is 94.4 Å². The lowest BCUT2D eigenvalue weighted by Crippen LogP contribution is -2.09. The number of hydrogen-bond donors (Lipinski definition) is 0. The van der Waals surface area contributed by atoms with Gasteiger partial charge >= 0.3 is 5.97 Å². The zero-order valence-electron chi connectivity index (χ0n) is 7.92. The second-order valence-corrected chi connectivity index (χ2v) is 3.66. The third-order valence-corrected chi connectivity index (χ3v) is 2.42. The predicted octanol–water partition coefficient (Wildman–Crippen LogP) is 2.33. The maximum atomic E-state index is 13.0. The van der Waals surface area contributed by atoms with Gasteiger partial charge in [-0.05, 0) is 28.1 Å². The number of carbonyl (C=O) groups is 2. The molecule has 0 N–H and O–H groups in total. The Balaban J connectivity index is 2.83. The summed E-state index contributed by atoms with van der Waals surface area (Å²) in [6.07, 6.45) is -0.377. The van der Waals surface area contributed by atoms with Crippen LogP contribution in [0.2, 0.25) is 0 Å². The third kappa shape index (κ3) is 3.13. The van der Waals surface area contributed by atoms with Crippen LogP contribution in [-0.2, 0) is 9.53 Å². The first-order chi connectivity index (χ1) is 7.04. The second kappa shape index (κ2) is 5.02. The Morgan fingerprint density at radius 1 is 1.47 bits per heavy atom. The first-order valence-electron chi connectivity index (χ1n) is 4.09. The first-order valence-corrected chi connectivity index (χ1v) is 4.89. The average molecular weight is 275 g/mol. The minimum Gasteiger partial charge on any atom is -0.469 e. The van der Waals surface area contributed by atoms with Crippen molar-refractivity contribution < 1.29 is 18.7 Å². The highest BCUT2D eigenvalue weighted by molar-refractivity contribution is 9.10. The van der Waals surface area contributed by atoms with E-state index in [1.807, 2.05) is 0 Å². The van der Waals surface area contributed by atoms with Crippen molar-refractivity contribution >= 4 is 27.7 Å². The van der Waals surface area contributed by atoms with Gasteiger partial charge in [0, 0.05) is 5.56 Å². The number of hydrogen-bond acceptors (Lipinski definition) is 3. The summed E-state index contributed by atoms with van der Waals surface area (Å²) in [6, 6.07) is 3.94. The Kier molecular flexibility index (Phi) is 3.96. The van der Waals surface area contributed by atoms with Crippen LogP contribution in [-0.4, -0.2) is 18.9 Å². The predicted molar refractivity (Wildman–Crippen MR) is 55.1 cm³/mol. The Morgan fingerprint density at radius 2 is 2.13 bits per heavy atom. The summed E-state index contributed by atoms with van der Waals surface area (Å²) >= 11 is 2.97.